The molecule has 2 fully saturated rings. The summed E-state index contributed by atoms with van der Waals surface area (Å²) < 4.78 is 17.1. The molecule has 0 aromatic heterocycles. The molecule has 1 aliphatic carbocycles. The lowest BCUT2D eigenvalue weighted by Crippen LogP contribution is -2.47. The van der Waals surface area contributed by atoms with Gasteiger partial charge in [0.25, 0.3) is 0 Å². The minimum Gasteiger partial charge on any atom is -0.378 e. The number of urea groups is 1. The van der Waals surface area contributed by atoms with Gasteiger partial charge in [0.15, 0.2) is 0 Å². The third-order valence-corrected chi connectivity index (χ3v) is 5.48. The largest absolute Gasteiger partial charge is 0.378 e. The van der Waals surface area contributed by atoms with Crippen LogP contribution in [0.15, 0.2) is 29.2 Å². The average Bonchev–Trinajstić information content (AvgIpc) is 2.97. The Morgan fingerprint density at radius 2 is 2.00 bits per heavy atom. The molecule has 2 amide bonds. The fraction of sp³-hybridized carbons (Fsp3) is 0.562. The van der Waals surface area contributed by atoms with E-state index in [1.807, 2.05) is 0 Å². The van der Waals surface area contributed by atoms with Crippen molar-refractivity contribution < 1.29 is 13.7 Å². The third-order valence-electron chi connectivity index (χ3n) is 4.54. The number of hydrogen-bond acceptors (Lipinski definition) is 3. The van der Waals surface area contributed by atoms with Crippen LogP contribution in [0.1, 0.15) is 25.7 Å². The van der Waals surface area contributed by atoms with Crippen LogP contribution >= 0.6 is 0 Å². The molecule has 1 aromatic carbocycles. The average molecular weight is 322 g/mol. The van der Waals surface area contributed by atoms with Crippen LogP contribution < -0.4 is 10.6 Å². The standard InChI is InChI=1S/C16H22N2O3S/c1-22(20)12-7-5-11(6-8-12)17-16(19)18-14-3-2-4-15-13(14)9-10-21-15/h5-8,13-15H,2-4,9-10H2,1H3,(H2,17,18,19)/t13-,14-,15-,22-/m1/s1. The van der Waals surface area contributed by atoms with Crippen molar-refractivity contribution in [3.8, 4) is 0 Å². The van der Waals surface area contributed by atoms with E-state index in [1.54, 1.807) is 30.5 Å². The minimum atomic E-state index is -1.00. The number of ether oxygens (including phenoxy) is 1. The highest BCUT2D eigenvalue weighted by Gasteiger charge is 2.38. The van der Waals surface area contributed by atoms with Crippen LogP contribution in [0, 0.1) is 5.92 Å². The van der Waals surface area contributed by atoms with Crippen LogP contribution in [0.5, 0.6) is 0 Å². The SMILES string of the molecule is C[S@@](=O)c1ccc(NC(=O)N[C@@H]2CCC[C@H]3OCC[C@H]23)cc1. The minimum absolute atomic E-state index is 0.178. The zero-order valence-corrected chi connectivity index (χ0v) is 13.5. The third kappa shape index (κ3) is 3.50. The van der Waals surface area contributed by atoms with Gasteiger partial charge in [-0.3, -0.25) is 4.21 Å². The molecular weight excluding hydrogens is 300 g/mol. The number of hydrogen-bond donors (Lipinski definition) is 2. The Bertz CT molecular complexity index is 561. The normalized spacial score (nSPS) is 28.7. The van der Waals surface area contributed by atoms with Crippen LogP contribution in [-0.2, 0) is 15.5 Å². The first kappa shape index (κ1) is 15.5. The Hall–Kier alpha value is -1.40. The maximum Gasteiger partial charge on any atom is 0.319 e. The van der Waals surface area contributed by atoms with Crippen molar-refractivity contribution in [2.24, 2.45) is 5.92 Å². The highest BCUT2D eigenvalue weighted by molar-refractivity contribution is 7.84. The van der Waals surface area contributed by atoms with E-state index in [0.29, 0.717) is 17.7 Å². The summed E-state index contributed by atoms with van der Waals surface area (Å²) >= 11 is 0. The summed E-state index contributed by atoms with van der Waals surface area (Å²) in [7, 11) is -1.00. The molecule has 1 saturated carbocycles. The quantitative estimate of drug-likeness (QED) is 0.898. The summed E-state index contributed by atoms with van der Waals surface area (Å²) in [5.41, 5.74) is 0.710. The number of anilines is 1. The first-order valence-corrected chi connectivity index (χ1v) is 9.32. The smallest absolute Gasteiger partial charge is 0.319 e. The van der Waals surface area contributed by atoms with Gasteiger partial charge in [-0.1, -0.05) is 0 Å². The van der Waals surface area contributed by atoms with Crippen LogP contribution in [0.2, 0.25) is 0 Å². The van der Waals surface area contributed by atoms with Crippen molar-refractivity contribution in [2.75, 3.05) is 18.2 Å². The second-order valence-electron chi connectivity index (χ2n) is 5.98. The fourth-order valence-electron chi connectivity index (χ4n) is 3.42. The zero-order chi connectivity index (χ0) is 15.5. The molecule has 1 heterocycles. The number of rotatable bonds is 3. The van der Waals surface area contributed by atoms with E-state index >= 15 is 0 Å². The Morgan fingerprint density at radius 1 is 1.23 bits per heavy atom. The van der Waals surface area contributed by atoms with Crippen LogP contribution in [0.3, 0.4) is 0 Å². The van der Waals surface area contributed by atoms with E-state index in [9.17, 15) is 9.00 Å². The van der Waals surface area contributed by atoms with Gasteiger partial charge in [0, 0.05) is 46.2 Å². The predicted molar refractivity (Wildman–Crippen MR) is 86.4 cm³/mol. The van der Waals surface area contributed by atoms with Gasteiger partial charge in [-0.05, 0) is 49.9 Å². The van der Waals surface area contributed by atoms with Gasteiger partial charge in [-0.25, -0.2) is 4.79 Å². The summed E-state index contributed by atoms with van der Waals surface area (Å²) in [4.78, 5) is 12.9. The summed E-state index contributed by atoms with van der Waals surface area (Å²) in [5, 5.41) is 5.93. The fourth-order valence-corrected chi connectivity index (χ4v) is 3.94. The van der Waals surface area contributed by atoms with Gasteiger partial charge in [0.05, 0.1) is 6.10 Å². The molecule has 2 aliphatic rings. The molecule has 22 heavy (non-hydrogen) atoms. The van der Waals surface area contributed by atoms with Crippen molar-refractivity contribution in [3.05, 3.63) is 24.3 Å². The Balaban J connectivity index is 1.56. The topological polar surface area (TPSA) is 67.4 Å². The van der Waals surface area contributed by atoms with Gasteiger partial charge in [0.2, 0.25) is 0 Å². The molecule has 2 N–H and O–H groups in total. The molecule has 0 unspecified atom stereocenters. The van der Waals surface area contributed by atoms with Gasteiger partial charge in [-0.2, -0.15) is 0 Å². The van der Waals surface area contributed by atoms with Crippen LogP contribution in [0.4, 0.5) is 10.5 Å². The Morgan fingerprint density at radius 3 is 2.73 bits per heavy atom. The molecule has 6 heteroatoms. The highest BCUT2D eigenvalue weighted by atomic mass is 32.2. The summed E-state index contributed by atoms with van der Waals surface area (Å²) in [6.07, 6.45) is 6.22. The van der Waals surface area contributed by atoms with E-state index in [1.165, 1.54) is 0 Å². The second-order valence-corrected chi connectivity index (χ2v) is 7.36. The molecular formula is C16H22N2O3S. The first-order valence-electron chi connectivity index (χ1n) is 7.76. The first-order chi connectivity index (χ1) is 10.6. The van der Waals surface area contributed by atoms with Crippen molar-refractivity contribution in [1.82, 2.24) is 5.32 Å². The molecule has 4 atom stereocenters. The number of carbonyl (C=O) groups is 1. The summed E-state index contributed by atoms with van der Waals surface area (Å²) in [6.45, 7) is 0.810. The predicted octanol–water partition coefficient (Wildman–Crippen LogP) is 2.50. The maximum atomic E-state index is 12.2. The van der Waals surface area contributed by atoms with E-state index in [-0.39, 0.29) is 12.1 Å². The van der Waals surface area contributed by atoms with Gasteiger partial charge >= 0.3 is 6.03 Å². The molecule has 5 nitrogen and oxygen atoms in total. The number of carbonyl (C=O) groups excluding carboxylic acids is 1. The van der Waals surface area contributed by atoms with Crippen molar-refractivity contribution in [3.63, 3.8) is 0 Å². The van der Waals surface area contributed by atoms with Gasteiger partial charge in [0.1, 0.15) is 0 Å². The molecule has 1 saturated heterocycles. The summed E-state index contributed by atoms with van der Waals surface area (Å²) in [6, 6.07) is 7.11. The lowest BCUT2D eigenvalue weighted by atomic mass is 9.82. The van der Waals surface area contributed by atoms with Gasteiger partial charge in [-0.15, -0.1) is 0 Å². The zero-order valence-electron chi connectivity index (χ0n) is 12.7. The highest BCUT2D eigenvalue weighted by Crippen LogP contribution is 2.34. The van der Waals surface area contributed by atoms with E-state index in [0.717, 1.165) is 37.2 Å². The molecule has 0 bridgehead atoms. The number of benzene rings is 1. The lowest BCUT2D eigenvalue weighted by molar-refractivity contribution is 0.0553. The summed E-state index contributed by atoms with van der Waals surface area (Å²) in [5.74, 6) is 0.449. The number of amides is 2. The molecule has 3 rings (SSSR count). The van der Waals surface area contributed by atoms with Crippen LogP contribution in [-0.4, -0.2) is 35.2 Å². The number of nitrogens with one attached hydrogen (secondary N) is 2. The van der Waals surface area contributed by atoms with Crippen molar-refractivity contribution in [1.29, 1.82) is 0 Å². The lowest BCUT2D eigenvalue weighted by Gasteiger charge is -2.33. The van der Waals surface area contributed by atoms with Crippen molar-refractivity contribution in [2.45, 2.75) is 42.7 Å². The Labute approximate surface area is 133 Å². The molecule has 1 aromatic rings. The Kier molecular flexibility index (Phi) is 4.78. The monoisotopic (exact) mass is 322 g/mol. The molecule has 0 radical (unpaired) electrons. The molecule has 1 aliphatic heterocycles. The molecule has 120 valence electrons. The van der Waals surface area contributed by atoms with E-state index < -0.39 is 10.8 Å². The van der Waals surface area contributed by atoms with E-state index in [2.05, 4.69) is 10.6 Å². The molecule has 0 spiro atoms. The van der Waals surface area contributed by atoms with Crippen LogP contribution in [0.25, 0.3) is 0 Å². The second kappa shape index (κ2) is 6.79. The van der Waals surface area contributed by atoms with Gasteiger partial charge < -0.3 is 15.4 Å². The van der Waals surface area contributed by atoms with E-state index in [4.69, 9.17) is 4.74 Å². The van der Waals surface area contributed by atoms with Crippen molar-refractivity contribution >= 4 is 22.5 Å². The number of fused-ring (bicyclic) bond motifs is 1. The maximum absolute atomic E-state index is 12.2.